The molecule has 0 aliphatic rings. The van der Waals surface area contributed by atoms with Gasteiger partial charge in [-0.25, -0.2) is 8.78 Å². The Morgan fingerprint density at radius 1 is 1.57 bits per heavy atom. The zero-order valence-corrected chi connectivity index (χ0v) is 8.94. The molecule has 1 heterocycles. The first-order chi connectivity index (χ1) is 6.28. The van der Waals surface area contributed by atoms with Crippen molar-refractivity contribution in [2.24, 2.45) is 12.8 Å². The fourth-order valence-electron chi connectivity index (χ4n) is 1.35. The molecule has 1 rings (SSSR count). The average molecular weight is 224 g/mol. The summed E-state index contributed by atoms with van der Waals surface area (Å²) in [6, 6.07) is 0. The lowest BCUT2D eigenvalue weighted by Gasteiger charge is -2.23. The van der Waals surface area contributed by atoms with Crippen molar-refractivity contribution in [2.45, 2.75) is 25.8 Å². The maximum Gasteiger partial charge on any atom is 0.260 e. The van der Waals surface area contributed by atoms with Crippen molar-refractivity contribution >= 4 is 11.6 Å². The van der Waals surface area contributed by atoms with Crippen molar-refractivity contribution in [3.8, 4) is 0 Å². The average Bonchev–Trinajstić information content (AvgIpc) is 2.26. The molecule has 0 aliphatic heterocycles. The van der Waals surface area contributed by atoms with Gasteiger partial charge in [-0.15, -0.1) is 0 Å². The molecule has 80 valence electrons. The largest absolute Gasteiger partial charge is 0.317 e. The minimum atomic E-state index is -2.68. The second kappa shape index (κ2) is 3.47. The van der Waals surface area contributed by atoms with Gasteiger partial charge in [0.25, 0.3) is 6.43 Å². The first-order valence-corrected chi connectivity index (χ1v) is 4.43. The number of hydrogen-bond donors (Lipinski definition) is 1. The number of aromatic nitrogens is 2. The molecule has 3 nitrogen and oxygen atoms in total. The number of nitrogens with zero attached hydrogens (tertiary/aromatic N) is 2. The third-order valence-corrected chi connectivity index (χ3v) is 2.58. The summed E-state index contributed by atoms with van der Waals surface area (Å²) in [5, 5.41) is 4.09. The molecule has 0 saturated carbocycles. The molecule has 0 aliphatic carbocycles. The lowest BCUT2D eigenvalue weighted by molar-refractivity contribution is 0.0622. The summed E-state index contributed by atoms with van der Waals surface area (Å²) in [6.07, 6.45) is -2.68. The van der Waals surface area contributed by atoms with Crippen LogP contribution in [-0.4, -0.2) is 16.2 Å². The highest BCUT2D eigenvalue weighted by molar-refractivity contribution is 6.30. The SMILES string of the molecule is Cc1nn(C)c(Cl)c1C(C)(N)C(F)F. The highest BCUT2D eigenvalue weighted by Gasteiger charge is 2.37. The van der Waals surface area contributed by atoms with Gasteiger partial charge in [0.15, 0.2) is 0 Å². The van der Waals surface area contributed by atoms with Crippen LogP contribution in [0, 0.1) is 6.92 Å². The molecule has 2 N–H and O–H groups in total. The molecule has 1 aromatic rings. The van der Waals surface area contributed by atoms with Gasteiger partial charge in [0.2, 0.25) is 0 Å². The third-order valence-electron chi connectivity index (χ3n) is 2.14. The number of alkyl halides is 2. The van der Waals surface area contributed by atoms with Gasteiger partial charge in [0.05, 0.1) is 5.69 Å². The molecule has 1 aromatic heterocycles. The molecule has 0 aromatic carbocycles. The van der Waals surface area contributed by atoms with E-state index in [1.165, 1.54) is 11.6 Å². The number of halogens is 3. The normalized spacial score (nSPS) is 16.0. The molecule has 14 heavy (non-hydrogen) atoms. The second-order valence-corrected chi connectivity index (χ2v) is 3.82. The Balaban J connectivity index is 3.31. The van der Waals surface area contributed by atoms with Gasteiger partial charge in [-0.05, 0) is 13.8 Å². The van der Waals surface area contributed by atoms with Crippen LogP contribution in [0.15, 0.2) is 0 Å². The maximum absolute atomic E-state index is 12.6. The van der Waals surface area contributed by atoms with Crippen LogP contribution in [0.25, 0.3) is 0 Å². The lowest BCUT2D eigenvalue weighted by atomic mass is 9.94. The Morgan fingerprint density at radius 3 is 2.36 bits per heavy atom. The van der Waals surface area contributed by atoms with Crippen molar-refractivity contribution in [1.82, 2.24) is 9.78 Å². The number of nitrogens with two attached hydrogens (primary N) is 1. The van der Waals surface area contributed by atoms with E-state index in [1.54, 1.807) is 14.0 Å². The molecular weight excluding hydrogens is 212 g/mol. The summed E-state index contributed by atoms with van der Waals surface area (Å²) in [5.41, 5.74) is 4.39. The van der Waals surface area contributed by atoms with Gasteiger partial charge in [-0.3, -0.25) is 4.68 Å². The highest BCUT2D eigenvalue weighted by Crippen LogP contribution is 2.32. The molecule has 0 saturated heterocycles. The standard InChI is InChI=1S/C8H12ClF2N3/c1-4-5(6(9)14(3)13-4)8(2,12)7(10)11/h7H,12H2,1-3H3. The van der Waals surface area contributed by atoms with Crippen LogP contribution >= 0.6 is 11.6 Å². The molecule has 0 amide bonds. The summed E-state index contributed by atoms with van der Waals surface area (Å²) in [5.74, 6) is 0. The van der Waals surface area contributed by atoms with Gasteiger partial charge >= 0.3 is 0 Å². The van der Waals surface area contributed by atoms with E-state index in [4.69, 9.17) is 17.3 Å². The van der Waals surface area contributed by atoms with Crippen molar-refractivity contribution in [3.63, 3.8) is 0 Å². The Kier molecular flexibility index (Phi) is 2.83. The van der Waals surface area contributed by atoms with Crippen molar-refractivity contribution in [2.75, 3.05) is 0 Å². The molecule has 0 bridgehead atoms. The van der Waals surface area contributed by atoms with Gasteiger partial charge in [0.1, 0.15) is 10.7 Å². The van der Waals surface area contributed by atoms with Crippen molar-refractivity contribution in [1.29, 1.82) is 0 Å². The first kappa shape index (κ1) is 11.4. The number of rotatable bonds is 2. The molecule has 0 fully saturated rings. The predicted molar refractivity (Wildman–Crippen MR) is 50.5 cm³/mol. The van der Waals surface area contributed by atoms with Crippen LogP contribution in [0.1, 0.15) is 18.2 Å². The quantitative estimate of drug-likeness (QED) is 0.831. The Labute approximate surface area is 85.8 Å². The summed E-state index contributed by atoms with van der Waals surface area (Å²) in [4.78, 5) is 0. The van der Waals surface area contributed by atoms with E-state index >= 15 is 0 Å². The Morgan fingerprint density at radius 2 is 2.07 bits per heavy atom. The zero-order valence-electron chi connectivity index (χ0n) is 8.18. The zero-order chi connectivity index (χ0) is 11.1. The van der Waals surface area contributed by atoms with Crippen molar-refractivity contribution in [3.05, 3.63) is 16.4 Å². The van der Waals surface area contributed by atoms with Gasteiger partial charge in [-0.2, -0.15) is 5.10 Å². The predicted octanol–water partition coefficient (Wildman–Crippen LogP) is 1.82. The second-order valence-electron chi connectivity index (χ2n) is 3.46. The van der Waals surface area contributed by atoms with E-state index in [-0.39, 0.29) is 10.7 Å². The summed E-state index contributed by atoms with van der Waals surface area (Å²) in [6.45, 7) is 2.85. The van der Waals surface area contributed by atoms with E-state index in [9.17, 15) is 8.78 Å². The van der Waals surface area contributed by atoms with Gasteiger partial charge in [-0.1, -0.05) is 11.6 Å². The topological polar surface area (TPSA) is 43.8 Å². The van der Waals surface area contributed by atoms with Crippen LogP contribution in [0.5, 0.6) is 0 Å². The van der Waals surface area contributed by atoms with Crippen LogP contribution in [0.2, 0.25) is 5.15 Å². The summed E-state index contributed by atoms with van der Waals surface area (Å²) < 4.78 is 26.6. The van der Waals surface area contributed by atoms with E-state index in [0.29, 0.717) is 5.69 Å². The van der Waals surface area contributed by atoms with Crippen LogP contribution in [-0.2, 0) is 12.6 Å². The van der Waals surface area contributed by atoms with Crippen molar-refractivity contribution < 1.29 is 8.78 Å². The first-order valence-electron chi connectivity index (χ1n) is 4.05. The molecule has 1 atom stereocenters. The third kappa shape index (κ3) is 1.62. The van der Waals surface area contributed by atoms with E-state index in [0.717, 1.165) is 0 Å². The fraction of sp³-hybridized carbons (Fsp3) is 0.625. The number of aryl methyl sites for hydroxylation is 2. The Bertz CT molecular complexity index is 347. The Hall–Kier alpha value is -0.680. The van der Waals surface area contributed by atoms with Gasteiger partial charge < -0.3 is 5.73 Å². The summed E-state index contributed by atoms with van der Waals surface area (Å²) >= 11 is 5.83. The molecular formula is C8H12ClF2N3. The van der Waals surface area contributed by atoms with E-state index < -0.39 is 12.0 Å². The highest BCUT2D eigenvalue weighted by atomic mass is 35.5. The fourth-order valence-corrected chi connectivity index (χ4v) is 1.73. The number of hydrogen-bond acceptors (Lipinski definition) is 2. The summed E-state index contributed by atoms with van der Waals surface area (Å²) in [7, 11) is 1.58. The smallest absolute Gasteiger partial charge is 0.260 e. The van der Waals surface area contributed by atoms with E-state index in [2.05, 4.69) is 5.10 Å². The van der Waals surface area contributed by atoms with Crippen LogP contribution in [0.4, 0.5) is 8.78 Å². The van der Waals surface area contributed by atoms with E-state index in [1.807, 2.05) is 0 Å². The van der Waals surface area contributed by atoms with Crippen LogP contribution in [0.3, 0.4) is 0 Å². The molecule has 1 unspecified atom stereocenters. The lowest BCUT2D eigenvalue weighted by Crippen LogP contribution is -2.41. The molecule has 0 spiro atoms. The maximum atomic E-state index is 12.6. The van der Waals surface area contributed by atoms with Gasteiger partial charge in [0, 0.05) is 12.6 Å². The molecule has 0 radical (unpaired) electrons. The van der Waals surface area contributed by atoms with Crippen LogP contribution < -0.4 is 5.73 Å². The minimum absolute atomic E-state index is 0.160. The minimum Gasteiger partial charge on any atom is -0.317 e. The monoisotopic (exact) mass is 223 g/mol. The molecule has 6 heteroatoms.